The Hall–Kier alpha value is -3.16. The Morgan fingerprint density at radius 3 is 2.75 bits per heavy atom. The van der Waals surface area contributed by atoms with Gasteiger partial charge < -0.3 is 14.8 Å². The van der Waals surface area contributed by atoms with Crippen LogP contribution >= 0.6 is 0 Å². The average Bonchev–Trinajstić information content (AvgIpc) is 3.30. The first kappa shape index (κ1) is 13.3. The number of rotatable bonds is 2. The van der Waals surface area contributed by atoms with Gasteiger partial charge in [-0.3, -0.25) is 4.40 Å². The predicted octanol–water partition coefficient (Wildman–Crippen LogP) is 1.33. The summed E-state index contributed by atoms with van der Waals surface area (Å²) in [5.74, 6) is 2.11. The number of hydrogen-bond acceptors (Lipinski definition) is 6. The molecule has 8 nitrogen and oxygen atoms in total. The van der Waals surface area contributed by atoms with Crippen molar-refractivity contribution < 1.29 is 0 Å². The van der Waals surface area contributed by atoms with Gasteiger partial charge in [0.25, 0.3) is 0 Å². The molecule has 1 aliphatic heterocycles. The van der Waals surface area contributed by atoms with Crippen molar-refractivity contribution in [2.24, 2.45) is 0 Å². The van der Waals surface area contributed by atoms with Crippen LogP contribution in [0, 0.1) is 0 Å². The zero-order valence-electron chi connectivity index (χ0n) is 13.0. The summed E-state index contributed by atoms with van der Waals surface area (Å²) in [6.45, 7) is 3.65. The molecule has 0 amide bonds. The number of fused-ring (bicyclic) bond motifs is 2. The standard InChI is InChI=1S/C16H16N8/c1-2-13-21-20-11-24(13)14(3-1)22-6-8-23(9-7-22)16-15-12(4-5-17-15)18-10-19-16/h1-5,10-11,17H,6-9H2. The van der Waals surface area contributed by atoms with Crippen LogP contribution in [-0.2, 0) is 0 Å². The molecule has 5 heterocycles. The Bertz CT molecular complexity index is 913. The molecule has 4 aromatic rings. The molecule has 8 heteroatoms. The van der Waals surface area contributed by atoms with E-state index in [-0.39, 0.29) is 0 Å². The van der Waals surface area contributed by atoms with Crippen molar-refractivity contribution in [2.75, 3.05) is 36.0 Å². The molecule has 1 fully saturated rings. The van der Waals surface area contributed by atoms with Crippen molar-refractivity contribution in [1.29, 1.82) is 0 Å². The fraction of sp³-hybridized carbons (Fsp3) is 0.250. The normalized spacial score (nSPS) is 15.5. The smallest absolute Gasteiger partial charge is 0.162 e. The maximum absolute atomic E-state index is 4.48. The van der Waals surface area contributed by atoms with E-state index in [1.165, 1.54) is 0 Å². The lowest BCUT2D eigenvalue weighted by Crippen LogP contribution is -2.47. The SMILES string of the molecule is c1cc(N2CCN(c3ncnc4cc[nH]c34)CC2)n2cnnc2c1. The number of nitrogens with zero attached hydrogens (tertiary/aromatic N) is 7. The van der Waals surface area contributed by atoms with E-state index in [0.29, 0.717) is 0 Å². The Labute approximate surface area is 137 Å². The maximum atomic E-state index is 4.48. The van der Waals surface area contributed by atoms with Crippen molar-refractivity contribution in [3.8, 4) is 0 Å². The first-order valence-corrected chi connectivity index (χ1v) is 7.97. The van der Waals surface area contributed by atoms with E-state index in [2.05, 4.69) is 41.0 Å². The molecule has 0 aliphatic carbocycles. The topological polar surface area (TPSA) is 78.2 Å². The highest BCUT2D eigenvalue weighted by molar-refractivity contribution is 5.86. The Balaban J connectivity index is 1.41. The Kier molecular flexibility index (Phi) is 2.87. The van der Waals surface area contributed by atoms with Gasteiger partial charge in [-0.1, -0.05) is 6.07 Å². The van der Waals surface area contributed by atoms with Gasteiger partial charge in [0.15, 0.2) is 11.5 Å². The highest BCUT2D eigenvalue weighted by Gasteiger charge is 2.21. The minimum atomic E-state index is 0.874. The van der Waals surface area contributed by atoms with Crippen LogP contribution in [0.2, 0.25) is 0 Å². The van der Waals surface area contributed by atoms with Gasteiger partial charge in [0.05, 0.1) is 5.52 Å². The van der Waals surface area contributed by atoms with Crippen LogP contribution in [-0.4, -0.2) is 55.7 Å². The van der Waals surface area contributed by atoms with E-state index in [1.807, 2.05) is 28.8 Å². The van der Waals surface area contributed by atoms with Crippen molar-refractivity contribution in [3.05, 3.63) is 43.1 Å². The summed E-state index contributed by atoms with van der Waals surface area (Å²) in [7, 11) is 0. The number of pyridine rings is 1. The Morgan fingerprint density at radius 2 is 1.83 bits per heavy atom. The monoisotopic (exact) mass is 320 g/mol. The third kappa shape index (κ3) is 1.99. The number of piperazine rings is 1. The van der Waals surface area contributed by atoms with Crippen LogP contribution in [0.25, 0.3) is 16.7 Å². The van der Waals surface area contributed by atoms with E-state index < -0.39 is 0 Å². The van der Waals surface area contributed by atoms with Crippen molar-refractivity contribution in [1.82, 2.24) is 29.5 Å². The zero-order chi connectivity index (χ0) is 15.9. The van der Waals surface area contributed by atoms with E-state index in [4.69, 9.17) is 0 Å². The van der Waals surface area contributed by atoms with Gasteiger partial charge in [0.1, 0.15) is 24.0 Å². The van der Waals surface area contributed by atoms with Crippen LogP contribution in [0.3, 0.4) is 0 Å². The number of aromatic amines is 1. The second-order valence-corrected chi connectivity index (χ2v) is 5.85. The third-order valence-electron chi connectivity index (χ3n) is 4.54. The molecule has 0 spiro atoms. The molecule has 0 saturated carbocycles. The summed E-state index contributed by atoms with van der Waals surface area (Å²) >= 11 is 0. The van der Waals surface area contributed by atoms with Crippen LogP contribution in [0.5, 0.6) is 0 Å². The third-order valence-corrected chi connectivity index (χ3v) is 4.54. The Morgan fingerprint density at radius 1 is 0.958 bits per heavy atom. The molecular formula is C16H16N8. The highest BCUT2D eigenvalue weighted by Crippen LogP contribution is 2.24. The van der Waals surface area contributed by atoms with E-state index in [1.54, 1.807) is 12.7 Å². The molecule has 1 saturated heterocycles. The van der Waals surface area contributed by atoms with Gasteiger partial charge in [0, 0.05) is 32.4 Å². The van der Waals surface area contributed by atoms with Gasteiger partial charge in [-0.2, -0.15) is 0 Å². The van der Waals surface area contributed by atoms with Crippen molar-refractivity contribution in [2.45, 2.75) is 0 Å². The van der Waals surface area contributed by atoms with Gasteiger partial charge >= 0.3 is 0 Å². The zero-order valence-corrected chi connectivity index (χ0v) is 13.0. The number of aromatic nitrogens is 6. The molecular weight excluding hydrogens is 304 g/mol. The van der Waals surface area contributed by atoms with Crippen LogP contribution in [0.4, 0.5) is 11.6 Å². The first-order chi connectivity index (χ1) is 11.9. The number of hydrogen-bond donors (Lipinski definition) is 1. The lowest BCUT2D eigenvalue weighted by atomic mass is 10.3. The highest BCUT2D eigenvalue weighted by atomic mass is 15.3. The molecule has 0 aromatic carbocycles. The fourth-order valence-electron chi connectivity index (χ4n) is 3.34. The number of H-pyrrole nitrogens is 1. The minimum Gasteiger partial charge on any atom is -0.357 e. The molecule has 5 rings (SSSR count). The van der Waals surface area contributed by atoms with Gasteiger partial charge in [-0.05, 0) is 18.2 Å². The summed E-state index contributed by atoms with van der Waals surface area (Å²) in [6.07, 6.45) is 5.31. The molecule has 4 aromatic heterocycles. The molecule has 0 atom stereocenters. The molecule has 1 N–H and O–H groups in total. The van der Waals surface area contributed by atoms with Crippen molar-refractivity contribution in [3.63, 3.8) is 0 Å². The lowest BCUT2D eigenvalue weighted by Gasteiger charge is -2.36. The second kappa shape index (κ2) is 5.19. The van der Waals surface area contributed by atoms with E-state index in [0.717, 1.165) is 54.5 Å². The molecule has 120 valence electrons. The van der Waals surface area contributed by atoms with Gasteiger partial charge in [-0.15, -0.1) is 10.2 Å². The minimum absolute atomic E-state index is 0.874. The van der Waals surface area contributed by atoms with Crippen LogP contribution in [0.1, 0.15) is 0 Å². The molecule has 0 radical (unpaired) electrons. The average molecular weight is 320 g/mol. The van der Waals surface area contributed by atoms with E-state index in [9.17, 15) is 0 Å². The molecule has 0 bridgehead atoms. The van der Waals surface area contributed by atoms with Crippen LogP contribution in [0.15, 0.2) is 43.1 Å². The largest absolute Gasteiger partial charge is 0.357 e. The van der Waals surface area contributed by atoms with Gasteiger partial charge in [-0.25, -0.2) is 9.97 Å². The van der Waals surface area contributed by atoms with E-state index >= 15 is 0 Å². The predicted molar refractivity (Wildman–Crippen MR) is 91.3 cm³/mol. The fourth-order valence-corrected chi connectivity index (χ4v) is 3.34. The summed E-state index contributed by atoms with van der Waals surface area (Å²) in [6, 6.07) is 8.08. The quantitative estimate of drug-likeness (QED) is 0.600. The van der Waals surface area contributed by atoms with Gasteiger partial charge in [0.2, 0.25) is 0 Å². The maximum Gasteiger partial charge on any atom is 0.162 e. The summed E-state index contributed by atoms with van der Waals surface area (Å²) in [4.78, 5) is 16.7. The summed E-state index contributed by atoms with van der Waals surface area (Å²) in [5.41, 5.74) is 2.84. The van der Waals surface area contributed by atoms with Crippen LogP contribution < -0.4 is 9.80 Å². The number of anilines is 2. The lowest BCUT2D eigenvalue weighted by molar-refractivity contribution is 0.640. The molecule has 0 unspecified atom stereocenters. The summed E-state index contributed by atoms with van der Waals surface area (Å²) in [5, 5.41) is 8.12. The van der Waals surface area contributed by atoms with Crippen molar-refractivity contribution >= 4 is 28.3 Å². The summed E-state index contributed by atoms with van der Waals surface area (Å²) < 4.78 is 2.03. The molecule has 24 heavy (non-hydrogen) atoms. The molecule has 1 aliphatic rings. The number of nitrogens with one attached hydrogen (secondary N) is 1. The first-order valence-electron chi connectivity index (χ1n) is 7.97. The second-order valence-electron chi connectivity index (χ2n) is 5.85.